The van der Waals surface area contributed by atoms with E-state index in [1.54, 1.807) is 11.8 Å². The van der Waals surface area contributed by atoms with Gasteiger partial charge >= 0.3 is 0 Å². The number of carbonyl (C=O) groups excluding carboxylic acids is 1. The van der Waals surface area contributed by atoms with Crippen LogP contribution >= 0.6 is 15.9 Å². The van der Waals surface area contributed by atoms with Crippen LogP contribution in [-0.4, -0.2) is 28.7 Å². The molecular formula is C16H20BrF2NO. The molecule has 0 aromatic heterocycles. The summed E-state index contributed by atoms with van der Waals surface area (Å²) in [6.45, 7) is 2.01. The van der Waals surface area contributed by atoms with E-state index >= 15 is 0 Å². The molecule has 1 aromatic carbocycles. The normalized spacial score (nSPS) is 16.0. The van der Waals surface area contributed by atoms with Crippen molar-refractivity contribution in [3.8, 4) is 0 Å². The van der Waals surface area contributed by atoms with Gasteiger partial charge in [0.15, 0.2) is 0 Å². The summed E-state index contributed by atoms with van der Waals surface area (Å²) in [6, 6.07) is 2.61. The van der Waals surface area contributed by atoms with Crippen molar-refractivity contribution in [2.45, 2.75) is 45.1 Å². The summed E-state index contributed by atoms with van der Waals surface area (Å²) in [6.07, 6.45) is 5.12. The second kappa shape index (κ2) is 7.34. The molecule has 0 atom stereocenters. The van der Waals surface area contributed by atoms with Gasteiger partial charge in [-0.3, -0.25) is 4.79 Å². The number of rotatable bonds is 4. The second-order valence-electron chi connectivity index (χ2n) is 5.53. The third-order valence-corrected chi connectivity index (χ3v) is 4.45. The van der Waals surface area contributed by atoms with Gasteiger partial charge in [-0.15, -0.1) is 0 Å². The van der Waals surface area contributed by atoms with Crippen LogP contribution in [0.1, 0.15) is 48.0 Å². The highest BCUT2D eigenvalue weighted by Gasteiger charge is 2.29. The molecule has 0 unspecified atom stereocenters. The van der Waals surface area contributed by atoms with Crippen molar-refractivity contribution in [3.05, 3.63) is 34.9 Å². The van der Waals surface area contributed by atoms with Crippen molar-refractivity contribution >= 4 is 21.8 Å². The lowest BCUT2D eigenvalue weighted by molar-refractivity contribution is 0.0641. The van der Waals surface area contributed by atoms with Crippen molar-refractivity contribution in [2.24, 2.45) is 0 Å². The Morgan fingerprint density at radius 1 is 1.29 bits per heavy atom. The van der Waals surface area contributed by atoms with Crippen molar-refractivity contribution < 1.29 is 13.6 Å². The SMILES string of the molecule is Cc1ccc(F)c(C(=O)N(CCBr)C2CCCCC2)c1F. The van der Waals surface area contributed by atoms with E-state index in [0.29, 0.717) is 17.4 Å². The highest BCUT2D eigenvalue weighted by molar-refractivity contribution is 9.09. The largest absolute Gasteiger partial charge is 0.335 e. The molecule has 0 heterocycles. The van der Waals surface area contributed by atoms with Gasteiger partial charge in [0.2, 0.25) is 0 Å². The summed E-state index contributed by atoms with van der Waals surface area (Å²) in [4.78, 5) is 14.3. The number of nitrogens with zero attached hydrogens (tertiary/aromatic N) is 1. The van der Waals surface area contributed by atoms with Crippen molar-refractivity contribution in [1.29, 1.82) is 0 Å². The number of amides is 1. The standard InChI is InChI=1S/C16H20BrF2NO/c1-11-7-8-13(18)14(15(11)19)16(21)20(10-9-17)12-5-3-2-4-6-12/h7-8,12H,2-6,9-10H2,1H3. The second-order valence-corrected chi connectivity index (χ2v) is 6.33. The molecule has 0 saturated heterocycles. The number of aryl methyl sites for hydroxylation is 1. The molecule has 21 heavy (non-hydrogen) atoms. The number of halogens is 3. The Kier molecular flexibility index (Phi) is 5.73. The number of hydrogen-bond acceptors (Lipinski definition) is 1. The molecule has 0 bridgehead atoms. The zero-order chi connectivity index (χ0) is 15.4. The van der Waals surface area contributed by atoms with Crippen LogP contribution < -0.4 is 0 Å². The topological polar surface area (TPSA) is 20.3 Å². The number of hydrogen-bond donors (Lipinski definition) is 0. The summed E-state index contributed by atoms with van der Waals surface area (Å²) < 4.78 is 28.1. The fourth-order valence-electron chi connectivity index (χ4n) is 2.93. The van der Waals surface area contributed by atoms with Gasteiger partial charge in [0, 0.05) is 17.9 Å². The van der Waals surface area contributed by atoms with Gasteiger partial charge in [0.25, 0.3) is 5.91 Å². The van der Waals surface area contributed by atoms with Crippen LogP contribution in [0.3, 0.4) is 0 Å². The molecule has 5 heteroatoms. The van der Waals surface area contributed by atoms with E-state index in [1.165, 1.54) is 18.6 Å². The third kappa shape index (κ3) is 3.62. The molecule has 1 aliphatic carbocycles. The van der Waals surface area contributed by atoms with Crippen LogP contribution in [0.25, 0.3) is 0 Å². The van der Waals surface area contributed by atoms with Crippen molar-refractivity contribution in [2.75, 3.05) is 11.9 Å². The predicted octanol–water partition coefficient (Wildman–Crippen LogP) is 4.44. The van der Waals surface area contributed by atoms with Crippen molar-refractivity contribution in [1.82, 2.24) is 4.90 Å². The minimum absolute atomic E-state index is 0.0862. The highest BCUT2D eigenvalue weighted by atomic mass is 79.9. The molecule has 0 aliphatic heterocycles. The Morgan fingerprint density at radius 3 is 2.57 bits per heavy atom. The first kappa shape index (κ1) is 16.4. The molecule has 1 amide bonds. The lowest BCUT2D eigenvalue weighted by Crippen LogP contribution is -2.43. The molecule has 0 radical (unpaired) electrons. The van der Waals surface area contributed by atoms with Gasteiger partial charge in [-0.1, -0.05) is 41.3 Å². The maximum atomic E-state index is 14.2. The lowest BCUT2D eigenvalue weighted by atomic mass is 9.93. The Bertz CT molecular complexity index is 515. The summed E-state index contributed by atoms with van der Waals surface area (Å²) >= 11 is 3.33. The zero-order valence-electron chi connectivity index (χ0n) is 12.2. The molecular weight excluding hydrogens is 340 g/mol. The van der Waals surface area contributed by atoms with Gasteiger partial charge in [0.05, 0.1) is 0 Å². The predicted molar refractivity (Wildman–Crippen MR) is 82.8 cm³/mol. The minimum Gasteiger partial charge on any atom is -0.335 e. The Labute approximate surface area is 132 Å². The molecule has 0 N–H and O–H groups in total. The fourth-order valence-corrected chi connectivity index (χ4v) is 3.31. The van der Waals surface area contributed by atoms with Crippen LogP contribution in [0.2, 0.25) is 0 Å². The molecule has 1 aliphatic rings. The first-order valence-electron chi connectivity index (χ1n) is 7.37. The molecule has 0 spiro atoms. The molecule has 1 saturated carbocycles. The van der Waals surface area contributed by atoms with E-state index in [1.807, 2.05) is 0 Å². The first-order chi connectivity index (χ1) is 10.1. The Hall–Kier alpha value is -0.970. The molecule has 2 nitrogen and oxygen atoms in total. The molecule has 1 aromatic rings. The average Bonchev–Trinajstić information content (AvgIpc) is 2.49. The summed E-state index contributed by atoms with van der Waals surface area (Å²) in [5, 5.41) is 0.601. The third-order valence-electron chi connectivity index (χ3n) is 4.10. The average molecular weight is 360 g/mol. The maximum absolute atomic E-state index is 14.2. The lowest BCUT2D eigenvalue weighted by Gasteiger charge is -2.34. The van der Waals surface area contributed by atoms with E-state index < -0.39 is 23.1 Å². The Morgan fingerprint density at radius 2 is 1.95 bits per heavy atom. The summed E-state index contributed by atoms with van der Waals surface area (Å²) in [7, 11) is 0. The zero-order valence-corrected chi connectivity index (χ0v) is 13.8. The van der Waals surface area contributed by atoms with E-state index in [0.717, 1.165) is 25.7 Å². The van der Waals surface area contributed by atoms with Crippen LogP contribution in [0, 0.1) is 18.6 Å². The van der Waals surface area contributed by atoms with Gasteiger partial charge in [0.1, 0.15) is 17.2 Å². The summed E-state index contributed by atoms with van der Waals surface area (Å²) in [5.74, 6) is -2.05. The van der Waals surface area contributed by atoms with Crippen LogP contribution in [0.4, 0.5) is 8.78 Å². The number of carbonyl (C=O) groups is 1. The van der Waals surface area contributed by atoms with Gasteiger partial charge in [-0.2, -0.15) is 0 Å². The van der Waals surface area contributed by atoms with Crippen LogP contribution in [0.5, 0.6) is 0 Å². The number of alkyl halides is 1. The molecule has 1 fully saturated rings. The smallest absolute Gasteiger partial charge is 0.260 e. The van der Waals surface area contributed by atoms with Gasteiger partial charge in [-0.05, 0) is 31.4 Å². The van der Waals surface area contributed by atoms with Gasteiger partial charge in [-0.25, -0.2) is 8.78 Å². The summed E-state index contributed by atoms with van der Waals surface area (Å²) in [5.41, 5.74) is -0.122. The Balaban J connectivity index is 2.32. The minimum atomic E-state index is -0.779. The van der Waals surface area contributed by atoms with E-state index in [9.17, 15) is 13.6 Å². The fraction of sp³-hybridized carbons (Fsp3) is 0.562. The highest BCUT2D eigenvalue weighted by Crippen LogP contribution is 2.26. The van der Waals surface area contributed by atoms with E-state index in [-0.39, 0.29) is 6.04 Å². The van der Waals surface area contributed by atoms with E-state index in [2.05, 4.69) is 15.9 Å². The van der Waals surface area contributed by atoms with Crippen LogP contribution in [0.15, 0.2) is 12.1 Å². The van der Waals surface area contributed by atoms with Crippen molar-refractivity contribution in [3.63, 3.8) is 0 Å². The quantitative estimate of drug-likeness (QED) is 0.727. The van der Waals surface area contributed by atoms with Crippen LogP contribution in [-0.2, 0) is 0 Å². The van der Waals surface area contributed by atoms with Gasteiger partial charge < -0.3 is 4.90 Å². The number of benzene rings is 1. The maximum Gasteiger partial charge on any atom is 0.260 e. The molecule has 2 rings (SSSR count). The van der Waals surface area contributed by atoms with E-state index in [4.69, 9.17) is 0 Å². The first-order valence-corrected chi connectivity index (χ1v) is 8.50. The monoisotopic (exact) mass is 359 g/mol. The molecule has 116 valence electrons.